The number of benzene rings is 3. The lowest BCUT2D eigenvalue weighted by Gasteiger charge is -2.08. The smallest absolute Gasteiger partial charge is 0.260 e. The molecule has 0 unspecified atom stereocenters. The molecular weight excluding hydrogens is 392 g/mol. The normalized spacial score (nSPS) is 16.2. The number of amides is 2. The van der Waals surface area contributed by atoms with E-state index in [1.807, 2.05) is 66.7 Å². The molecule has 2 aliphatic heterocycles. The second kappa shape index (κ2) is 7.65. The van der Waals surface area contributed by atoms with Gasteiger partial charge in [-0.3, -0.25) is 9.59 Å². The molecule has 0 saturated carbocycles. The van der Waals surface area contributed by atoms with Gasteiger partial charge in [0.2, 0.25) is 5.91 Å². The van der Waals surface area contributed by atoms with E-state index in [4.69, 9.17) is 9.47 Å². The van der Waals surface area contributed by atoms with Gasteiger partial charge < -0.3 is 20.1 Å². The molecule has 6 nitrogen and oxygen atoms in total. The van der Waals surface area contributed by atoms with Crippen LogP contribution in [0.2, 0.25) is 0 Å². The molecule has 6 heteroatoms. The van der Waals surface area contributed by atoms with Gasteiger partial charge in [-0.1, -0.05) is 30.3 Å². The van der Waals surface area contributed by atoms with E-state index >= 15 is 0 Å². The first-order chi connectivity index (χ1) is 15.1. The summed E-state index contributed by atoms with van der Waals surface area (Å²) in [6, 6.07) is 20.6. The van der Waals surface area contributed by atoms with Crippen molar-refractivity contribution in [3.63, 3.8) is 0 Å². The third-order valence-corrected chi connectivity index (χ3v) is 5.43. The molecule has 0 spiro atoms. The number of hydrogen-bond acceptors (Lipinski definition) is 4. The predicted molar refractivity (Wildman–Crippen MR) is 118 cm³/mol. The van der Waals surface area contributed by atoms with Gasteiger partial charge in [0.25, 0.3) is 5.91 Å². The average Bonchev–Trinajstić information content (AvgIpc) is 3.33. The lowest BCUT2D eigenvalue weighted by Crippen LogP contribution is -2.14. The van der Waals surface area contributed by atoms with Crippen molar-refractivity contribution in [1.29, 1.82) is 0 Å². The summed E-state index contributed by atoms with van der Waals surface area (Å²) in [4.78, 5) is 25.0. The van der Waals surface area contributed by atoms with E-state index in [-0.39, 0.29) is 18.2 Å². The Morgan fingerprint density at radius 2 is 1.87 bits per heavy atom. The Hall–Kier alpha value is -4.06. The number of anilines is 2. The minimum atomic E-state index is -0.166. The number of fused-ring (bicyclic) bond motifs is 2. The zero-order chi connectivity index (χ0) is 21.4. The highest BCUT2D eigenvalue weighted by Gasteiger charge is 2.32. The molecule has 3 aromatic carbocycles. The van der Waals surface area contributed by atoms with Crippen LogP contribution in [0.4, 0.5) is 11.4 Å². The molecule has 0 saturated heterocycles. The fourth-order valence-corrected chi connectivity index (χ4v) is 3.92. The molecule has 0 aromatic heterocycles. The van der Waals surface area contributed by atoms with Crippen LogP contribution in [0.25, 0.3) is 11.3 Å². The molecule has 0 bridgehead atoms. The summed E-state index contributed by atoms with van der Waals surface area (Å²) in [5.74, 6) is 1.06. The van der Waals surface area contributed by atoms with Crippen LogP contribution in [-0.2, 0) is 27.4 Å². The van der Waals surface area contributed by atoms with Crippen LogP contribution in [0.3, 0.4) is 0 Å². The van der Waals surface area contributed by atoms with E-state index in [0.717, 1.165) is 33.7 Å². The van der Waals surface area contributed by atoms with Gasteiger partial charge in [0.15, 0.2) is 0 Å². The van der Waals surface area contributed by atoms with Gasteiger partial charge in [-0.2, -0.15) is 0 Å². The van der Waals surface area contributed by atoms with Crippen LogP contribution in [-0.4, -0.2) is 18.9 Å². The summed E-state index contributed by atoms with van der Waals surface area (Å²) in [7, 11) is 1.61. The maximum absolute atomic E-state index is 12.5. The summed E-state index contributed by atoms with van der Waals surface area (Å²) in [5, 5.41) is 5.82. The molecule has 2 heterocycles. The van der Waals surface area contributed by atoms with Crippen molar-refractivity contribution in [2.45, 2.75) is 13.0 Å². The maximum atomic E-state index is 12.5. The molecular formula is C25H20N2O4. The van der Waals surface area contributed by atoms with Gasteiger partial charge in [0.05, 0.1) is 19.1 Å². The van der Waals surface area contributed by atoms with E-state index in [0.29, 0.717) is 23.6 Å². The van der Waals surface area contributed by atoms with E-state index in [2.05, 4.69) is 10.6 Å². The van der Waals surface area contributed by atoms with Gasteiger partial charge in [-0.15, -0.1) is 0 Å². The Balaban J connectivity index is 1.36. The number of methoxy groups -OCH3 is 1. The van der Waals surface area contributed by atoms with Crippen molar-refractivity contribution in [3.8, 4) is 5.75 Å². The highest BCUT2D eigenvalue weighted by Crippen LogP contribution is 2.41. The largest absolute Gasteiger partial charge is 0.497 e. The first-order valence-corrected chi connectivity index (χ1v) is 9.96. The van der Waals surface area contributed by atoms with Crippen LogP contribution in [0.15, 0.2) is 66.7 Å². The predicted octanol–water partition coefficient (Wildman–Crippen LogP) is 4.23. The molecule has 0 fully saturated rings. The zero-order valence-corrected chi connectivity index (χ0v) is 16.9. The first kappa shape index (κ1) is 18.9. The highest BCUT2D eigenvalue weighted by molar-refractivity contribution is 6.36. The minimum Gasteiger partial charge on any atom is -0.497 e. The Bertz CT molecular complexity index is 1230. The topological polar surface area (TPSA) is 76.7 Å². The van der Waals surface area contributed by atoms with Crippen molar-refractivity contribution in [2.24, 2.45) is 0 Å². The van der Waals surface area contributed by atoms with Crippen LogP contribution < -0.4 is 15.4 Å². The third-order valence-electron chi connectivity index (χ3n) is 5.43. The SMILES string of the molecule is COc1ccc(CC(=O)Nc2ccc3c(c2)CO/C3=C2/C(=O)Nc3ccccc32)cc1. The second-order valence-electron chi connectivity index (χ2n) is 7.44. The molecule has 2 aliphatic rings. The number of para-hydroxylation sites is 1. The summed E-state index contributed by atoms with van der Waals surface area (Å²) in [6.07, 6.45) is 0.268. The Kier molecular flexibility index (Phi) is 4.67. The van der Waals surface area contributed by atoms with E-state index in [1.165, 1.54) is 0 Å². The Morgan fingerprint density at radius 3 is 2.68 bits per heavy atom. The average molecular weight is 412 g/mol. The van der Waals surface area contributed by atoms with Gasteiger partial charge in [-0.05, 0) is 42.0 Å². The molecule has 0 atom stereocenters. The number of carbonyl (C=O) groups excluding carboxylic acids is 2. The van der Waals surface area contributed by atoms with Crippen molar-refractivity contribution in [3.05, 3.63) is 89.0 Å². The Morgan fingerprint density at radius 1 is 1.06 bits per heavy atom. The molecule has 2 N–H and O–H groups in total. The zero-order valence-electron chi connectivity index (χ0n) is 16.9. The number of ether oxygens (including phenoxy) is 2. The summed E-state index contributed by atoms with van der Waals surface area (Å²) >= 11 is 0. The fourth-order valence-electron chi connectivity index (χ4n) is 3.92. The number of rotatable bonds is 4. The molecule has 0 aliphatic carbocycles. The van der Waals surface area contributed by atoms with Gasteiger partial charge >= 0.3 is 0 Å². The second-order valence-corrected chi connectivity index (χ2v) is 7.44. The van der Waals surface area contributed by atoms with Gasteiger partial charge in [-0.25, -0.2) is 0 Å². The lowest BCUT2D eigenvalue weighted by molar-refractivity contribution is -0.115. The molecule has 5 rings (SSSR count). The van der Waals surface area contributed by atoms with E-state index in [9.17, 15) is 9.59 Å². The quantitative estimate of drug-likeness (QED) is 0.629. The fraction of sp³-hybridized carbons (Fsp3) is 0.120. The number of nitrogens with one attached hydrogen (secondary N) is 2. The summed E-state index contributed by atoms with van der Waals surface area (Å²) in [5.41, 5.74) is 5.58. The molecule has 31 heavy (non-hydrogen) atoms. The van der Waals surface area contributed by atoms with Gasteiger partial charge in [0.1, 0.15) is 18.1 Å². The van der Waals surface area contributed by atoms with Crippen molar-refractivity contribution < 1.29 is 19.1 Å². The van der Waals surface area contributed by atoms with E-state index in [1.54, 1.807) is 7.11 Å². The summed E-state index contributed by atoms with van der Waals surface area (Å²) in [6.45, 7) is 0.353. The molecule has 2 amide bonds. The van der Waals surface area contributed by atoms with Crippen molar-refractivity contribution in [2.75, 3.05) is 17.7 Å². The van der Waals surface area contributed by atoms with Crippen LogP contribution in [0.1, 0.15) is 22.3 Å². The summed E-state index contributed by atoms with van der Waals surface area (Å²) < 4.78 is 11.0. The van der Waals surface area contributed by atoms with E-state index < -0.39 is 0 Å². The van der Waals surface area contributed by atoms with Crippen molar-refractivity contribution >= 4 is 34.5 Å². The monoisotopic (exact) mass is 412 g/mol. The molecule has 154 valence electrons. The lowest BCUT2D eigenvalue weighted by atomic mass is 10.00. The minimum absolute atomic E-state index is 0.105. The molecule has 3 aromatic rings. The Labute approximate surface area is 179 Å². The van der Waals surface area contributed by atoms with Crippen molar-refractivity contribution in [1.82, 2.24) is 0 Å². The standard InChI is InChI=1S/C25H20N2O4/c1-30-18-9-6-15(7-10-18)12-22(28)26-17-8-11-19-16(13-17)14-31-24(19)23-20-4-2-3-5-21(20)27-25(23)29/h2-11,13H,12,14H2,1H3,(H,26,28)(H,27,29)/b24-23+. The third kappa shape index (κ3) is 3.53. The number of hydrogen-bond donors (Lipinski definition) is 2. The van der Waals surface area contributed by atoms with Crippen LogP contribution in [0.5, 0.6) is 5.75 Å². The first-order valence-electron chi connectivity index (χ1n) is 9.96. The maximum Gasteiger partial charge on any atom is 0.260 e. The van der Waals surface area contributed by atoms with Crippen LogP contribution in [0, 0.1) is 0 Å². The number of carbonyl (C=O) groups is 2. The highest BCUT2D eigenvalue weighted by atomic mass is 16.5. The van der Waals surface area contributed by atoms with Gasteiger partial charge in [0, 0.05) is 28.1 Å². The molecule has 0 radical (unpaired) electrons. The van der Waals surface area contributed by atoms with Crippen LogP contribution >= 0.6 is 0 Å².